The Hall–Kier alpha value is -3.33. The molecule has 3 aromatic rings. The van der Waals surface area contributed by atoms with Gasteiger partial charge >= 0.3 is 0 Å². The number of rotatable bonds is 5. The van der Waals surface area contributed by atoms with E-state index in [0.29, 0.717) is 12.5 Å². The van der Waals surface area contributed by atoms with Crippen LogP contribution in [-0.4, -0.2) is 22.1 Å². The Morgan fingerprint density at radius 1 is 1.24 bits per heavy atom. The first-order valence-electron chi connectivity index (χ1n) is 8.20. The molecular weight excluding hydrogens is 312 g/mol. The third-order valence-electron chi connectivity index (χ3n) is 3.85. The minimum atomic E-state index is 0.459. The van der Waals surface area contributed by atoms with Gasteiger partial charge in [0.2, 0.25) is 12.2 Å². The number of nitrogens with one attached hydrogen (secondary N) is 2. The summed E-state index contributed by atoms with van der Waals surface area (Å²) in [5.74, 6) is 0.459. The van der Waals surface area contributed by atoms with Crippen LogP contribution in [0.2, 0.25) is 0 Å². The Balaban J connectivity index is 1.61. The normalized spacial score (nSPS) is 11.3. The van der Waals surface area contributed by atoms with Gasteiger partial charge in [0, 0.05) is 30.4 Å². The number of hydrogen-bond acceptors (Lipinski definition) is 3. The minimum Gasteiger partial charge on any atom is -0.355 e. The molecule has 0 radical (unpaired) electrons. The summed E-state index contributed by atoms with van der Waals surface area (Å²) in [6.45, 7) is 3.54. The van der Waals surface area contributed by atoms with E-state index in [1.54, 1.807) is 0 Å². The average molecular weight is 332 g/mol. The van der Waals surface area contributed by atoms with E-state index in [4.69, 9.17) is 5.26 Å². The first-order chi connectivity index (χ1) is 12.3. The lowest BCUT2D eigenvalue weighted by molar-refractivity contribution is 0.630. The zero-order valence-corrected chi connectivity index (χ0v) is 14.1. The molecule has 2 N–H and O–H groups in total. The van der Waals surface area contributed by atoms with Crippen molar-refractivity contribution in [1.29, 1.82) is 5.26 Å². The van der Waals surface area contributed by atoms with Crippen LogP contribution in [0.4, 0.5) is 5.69 Å². The number of benzene rings is 2. The van der Waals surface area contributed by atoms with Crippen molar-refractivity contribution in [1.82, 2.24) is 14.9 Å². The van der Waals surface area contributed by atoms with Gasteiger partial charge in [0.15, 0.2) is 0 Å². The van der Waals surface area contributed by atoms with Gasteiger partial charge in [0.25, 0.3) is 0 Å². The van der Waals surface area contributed by atoms with E-state index in [1.807, 2.05) is 56.0 Å². The van der Waals surface area contributed by atoms with Crippen molar-refractivity contribution in [3.05, 3.63) is 60.7 Å². The second-order valence-corrected chi connectivity index (χ2v) is 5.75. The van der Waals surface area contributed by atoms with Crippen molar-refractivity contribution in [2.75, 3.05) is 11.9 Å². The summed E-state index contributed by atoms with van der Waals surface area (Å²) < 4.78 is 2.05. The molecule has 0 atom stereocenters. The summed E-state index contributed by atoms with van der Waals surface area (Å²) >= 11 is 0. The van der Waals surface area contributed by atoms with Crippen LogP contribution < -0.4 is 10.6 Å². The molecule has 0 fully saturated rings. The van der Waals surface area contributed by atoms with Crippen molar-refractivity contribution in [2.45, 2.75) is 19.9 Å². The molecule has 3 rings (SSSR count). The number of guanidine groups is 1. The molecule has 1 heterocycles. The van der Waals surface area contributed by atoms with Crippen molar-refractivity contribution in [2.24, 2.45) is 4.99 Å². The van der Waals surface area contributed by atoms with E-state index in [0.717, 1.165) is 35.1 Å². The number of nitriles is 1. The van der Waals surface area contributed by atoms with Crippen LogP contribution in [-0.2, 0) is 6.54 Å². The molecule has 6 heteroatoms. The standard InChI is InChI=1S/C19H20N6/c1-15-12-25(14-23-15)11-5-10-21-19(22-13-20)24-18-9-4-7-16-6-2-3-8-17(16)18/h2-4,6-9,12,14H,5,10-11H2,1H3,(H2,21,22,24). The molecule has 126 valence electrons. The highest BCUT2D eigenvalue weighted by Gasteiger charge is 2.04. The van der Waals surface area contributed by atoms with Crippen LogP contribution in [0.25, 0.3) is 10.8 Å². The second kappa shape index (κ2) is 7.97. The molecule has 1 aromatic heterocycles. The third kappa shape index (κ3) is 4.36. The van der Waals surface area contributed by atoms with Gasteiger partial charge in [-0.15, -0.1) is 4.99 Å². The lowest BCUT2D eigenvalue weighted by Gasteiger charge is -2.13. The number of hydrogen-bond donors (Lipinski definition) is 2. The number of imidazole rings is 1. The number of aryl methyl sites for hydroxylation is 2. The highest BCUT2D eigenvalue weighted by atomic mass is 15.2. The fraction of sp³-hybridized carbons (Fsp3) is 0.211. The monoisotopic (exact) mass is 332 g/mol. The van der Waals surface area contributed by atoms with E-state index in [2.05, 4.69) is 37.3 Å². The van der Waals surface area contributed by atoms with E-state index in [9.17, 15) is 0 Å². The zero-order chi connectivity index (χ0) is 17.5. The van der Waals surface area contributed by atoms with Gasteiger partial charge < -0.3 is 15.2 Å². The Labute approximate surface area is 146 Å². The summed E-state index contributed by atoms with van der Waals surface area (Å²) in [5, 5.41) is 17.6. The Morgan fingerprint density at radius 2 is 2.08 bits per heavy atom. The van der Waals surface area contributed by atoms with E-state index in [1.165, 1.54) is 0 Å². The topological polar surface area (TPSA) is 78.0 Å². The van der Waals surface area contributed by atoms with E-state index < -0.39 is 0 Å². The molecule has 0 aliphatic heterocycles. The number of anilines is 1. The van der Waals surface area contributed by atoms with Gasteiger partial charge in [-0.05, 0) is 24.8 Å². The quantitative estimate of drug-likeness (QED) is 0.325. The molecule has 0 aliphatic carbocycles. The van der Waals surface area contributed by atoms with Gasteiger partial charge in [-0.1, -0.05) is 36.4 Å². The number of aromatic nitrogens is 2. The molecule has 0 unspecified atom stereocenters. The maximum atomic E-state index is 8.94. The van der Waals surface area contributed by atoms with Gasteiger partial charge in [-0.25, -0.2) is 4.98 Å². The first kappa shape index (κ1) is 16.5. The minimum absolute atomic E-state index is 0.459. The van der Waals surface area contributed by atoms with Crippen LogP contribution in [0, 0.1) is 18.4 Å². The summed E-state index contributed by atoms with van der Waals surface area (Å²) in [4.78, 5) is 8.06. The number of aliphatic imine (C=N–C) groups is 1. The van der Waals surface area contributed by atoms with Crippen LogP contribution in [0.3, 0.4) is 0 Å². The molecule has 6 nitrogen and oxygen atoms in total. The molecule has 0 saturated heterocycles. The molecule has 0 bridgehead atoms. The Bertz CT molecular complexity index is 914. The predicted octanol–water partition coefficient (Wildman–Crippen LogP) is 3.27. The van der Waals surface area contributed by atoms with E-state index >= 15 is 0 Å². The van der Waals surface area contributed by atoms with Crippen LogP contribution in [0.5, 0.6) is 0 Å². The molecular formula is C19H20N6. The average Bonchev–Trinajstić information content (AvgIpc) is 3.04. The van der Waals surface area contributed by atoms with Crippen LogP contribution in [0.1, 0.15) is 12.1 Å². The van der Waals surface area contributed by atoms with Crippen molar-refractivity contribution < 1.29 is 0 Å². The SMILES string of the molecule is Cc1cn(CCCN/C(=N\C#N)Nc2cccc3ccccc23)cn1. The van der Waals surface area contributed by atoms with Crippen molar-refractivity contribution in [3.63, 3.8) is 0 Å². The van der Waals surface area contributed by atoms with Gasteiger partial charge in [-0.2, -0.15) is 5.26 Å². The zero-order valence-electron chi connectivity index (χ0n) is 14.1. The Morgan fingerprint density at radius 3 is 2.88 bits per heavy atom. The van der Waals surface area contributed by atoms with Crippen molar-refractivity contribution in [3.8, 4) is 6.19 Å². The van der Waals surface area contributed by atoms with Gasteiger partial charge in [0.05, 0.1) is 12.0 Å². The van der Waals surface area contributed by atoms with E-state index in [-0.39, 0.29) is 0 Å². The number of fused-ring (bicyclic) bond motifs is 1. The summed E-state index contributed by atoms with van der Waals surface area (Å²) in [6.07, 6.45) is 6.59. The van der Waals surface area contributed by atoms with Gasteiger partial charge in [-0.3, -0.25) is 0 Å². The molecule has 0 saturated carbocycles. The highest BCUT2D eigenvalue weighted by Crippen LogP contribution is 2.22. The summed E-state index contributed by atoms with van der Waals surface area (Å²) in [7, 11) is 0. The predicted molar refractivity (Wildman–Crippen MR) is 100 cm³/mol. The smallest absolute Gasteiger partial charge is 0.211 e. The second-order valence-electron chi connectivity index (χ2n) is 5.75. The molecule has 0 spiro atoms. The maximum Gasteiger partial charge on any atom is 0.211 e. The van der Waals surface area contributed by atoms with Gasteiger partial charge in [0.1, 0.15) is 0 Å². The summed E-state index contributed by atoms with van der Waals surface area (Å²) in [5.41, 5.74) is 1.93. The fourth-order valence-corrected chi connectivity index (χ4v) is 2.69. The molecule has 0 amide bonds. The largest absolute Gasteiger partial charge is 0.355 e. The molecule has 2 aromatic carbocycles. The van der Waals surface area contributed by atoms with Crippen LogP contribution >= 0.6 is 0 Å². The number of nitrogens with zero attached hydrogens (tertiary/aromatic N) is 4. The Kier molecular flexibility index (Phi) is 5.27. The van der Waals surface area contributed by atoms with Crippen LogP contribution in [0.15, 0.2) is 60.0 Å². The first-order valence-corrected chi connectivity index (χ1v) is 8.20. The molecule has 0 aliphatic rings. The third-order valence-corrected chi connectivity index (χ3v) is 3.85. The highest BCUT2D eigenvalue weighted by molar-refractivity contribution is 6.03. The summed E-state index contributed by atoms with van der Waals surface area (Å²) in [6, 6.07) is 14.1. The maximum absolute atomic E-state index is 8.94. The van der Waals surface area contributed by atoms with Crippen molar-refractivity contribution >= 4 is 22.4 Å². The lowest BCUT2D eigenvalue weighted by Crippen LogP contribution is -2.31. The fourth-order valence-electron chi connectivity index (χ4n) is 2.69. The molecule has 25 heavy (non-hydrogen) atoms. The lowest BCUT2D eigenvalue weighted by atomic mass is 10.1.